The zero-order valence-corrected chi connectivity index (χ0v) is 12.1. The van der Waals surface area contributed by atoms with E-state index in [0.29, 0.717) is 6.07 Å². The van der Waals surface area contributed by atoms with Crippen LogP contribution >= 0.6 is 0 Å². The number of alkyl halides is 3. The summed E-state index contributed by atoms with van der Waals surface area (Å²) in [7, 11) is -2.90. The van der Waals surface area contributed by atoms with Crippen molar-refractivity contribution in [2.24, 2.45) is 0 Å². The number of benzene rings is 1. The monoisotopic (exact) mass is 311 g/mol. The molecule has 8 heteroatoms. The molecule has 0 saturated heterocycles. The van der Waals surface area contributed by atoms with E-state index in [9.17, 15) is 26.7 Å². The SMILES string of the molecule is CN(C(C)(C)CO)S(=O)(=O)c1cccc(C(F)(F)F)c1. The third-order valence-electron chi connectivity index (χ3n) is 3.06. The van der Waals surface area contributed by atoms with Crippen molar-refractivity contribution in [3.63, 3.8) is 0 Å². The lowest BCUT2D eigenvalue weighted by Crippen LogP contribution is -2.47. The lowest BCUT2D eigenvalue weighted by molar-refractivity contribution is -0.137. The standard InChI is InChI=1S/C12H16F3NO3S/c1-11(2,8-17)16(3)20(18,19)10-6-4-5-9(7-10)12(13,14)15/h4-7,17H,8H2,1-3H3. The summed E-state index contributed by atoms with van der Waals surface area (Å²) in [4.78, 5) is -0.462. The highest BCUT2D eigenvalue weighted by atomic mass is 32.2. The van der Waals surface area contributed by atoms with Crippen LogP contribution in [0.25, 0.3) is 0 Å². The van der Waals surface area contributed by atoms with Gasteiger partial charge in [0.25, 0.3) is 0 Å². The van der Waals surface area contributed by atoms with Crippen LogP contribution in [0.1, 0.15) is 19.4 Å². The van der Waals surface area contributed by atoms with Crippen LogP contribution in [0.2, 0.25) is 0 Å². The van der Waals surface area contributed by atoms with Crippen LogP contribution < -0.4 is 0 Å². The second-order valence-corrected chi connectivity index (χ2v) is 6.94. The fourth-order valence-electron chi connectivity index (χ4n) is 1.42. The van der Waals surface area contributed by atoms with Crippen molar-refractivity contribution in [1.82, 2.24) is 4.31 Å². The van der Waals surface area contributed by atoms with Crippen molar-refractivity contribution >= 4 is 10.0 Å². The predicted octanol–water partition coefficient (Wildman–Crippen LogP) is 2.10. The molecule has 0 radical (unpaired) electrons. The highest BCUT2D eigenvalue weighted by Gasteiger charge is 2.36. The van der Waals surface area contributed by atoms with Gasteiger partial charge in [-0.2, -0.15) is 17.5 Å². The van der Waals surface area contributed by atoms with Crippen LogP contribution in [0.4, 0.5) is 13.2 Å². The molecule has 0 amide bonds. The van der Waals surface area contributed by atoms with Gasteiger partial charge in [-0.3, -0.25) is 0 Å². The molecular weight excluding hydrogens is 295 g/mol. The van der Waals surface area contributed by atoms with Gasteiger partial charge in [-0.05, 0) is 32.0 Å². The molecule has 4 nitrogen and oxygen atoms in total. The van der Waals surface area contributed by atoms with Crippen LogP contribution in [0.5, 0.6) is 0 Å². The molecule has 0 spiro atoms. The van der Waals surface area contributed by atoms with Gasteiger partial charge in [0.1, 0.15) is 0 Å². The third-order valence-corrected chi connectivity index (χ3v) is 5.12. The molecule has 0 aliphatic carbocycles. The summed E-state index contributed by atoms with van der Waals surface area (Å²) in [5.41, 5.74) is -2.15. The molecule has 0 unspecified atom stereocenters. The Morgan fingerprint density at radius 3 is 2.25 bits per heavy atom. The summed E-state index contributed by atoms with van der Waals surface area (Å²) in [5.74, 6) is 0. The molecule has 0 aromatic heterocycles. The Bertz CT molecular complexity index is 582. The smallest absolute Gasteiger partial charge is 0.394 e. The normalized spacial score (nSPS) is 13.8. The Hall–Kier alpha value is -1.12. The van der Waals surface area contributed by atoms with E-state index in [1.54, 1.807) is 0 Å². The Labute approximate surface area is 115 Å². The molecule has 1 rings (SSSR count). The van der Waals surface area contributed by atoms with Gasteiger partial charge in [0.2, 0.25) is 10.0 Å². The highest BCUT2D eigenvalue weighted by molar-refractivity contribution is 7.89. The van der Waals surface area contributed by atoms with Gasteiger partial charge in [-0.15, -0.1) is 0 Å². The van der Waals surface area contributed by atoms with E-state index in [0.717, 1.165) is 22.5 Å². The molecule has 1 N–H and O–H groups in total. The van der Waals surface area contributed by atoms with Gasteiger partial charge >= 0.3 is 6.18 Å². The van der Waals surface area contributed by atoms with Gasteiger partial charge < -0.3 is 5.11 Å². The zero-order valence-electron chi connectivity index (χ0n) is 11.3. The van der Waals surface area contributed by atoms with Crippen molar-refractivity contribution in [1.29, 1.82) is 0 Å². The van der Waals surface area contributed by atoms with Crippen molar-refractivity contribution in [2.45, 2.75) is 30.5 Å². The lowest BCUT2D eigenvalue weighted by Gasteiger charge is -2.32. The second-order valence-electron chi connectivity index (χ2n) is 4.97. The predicted molar refractivity (Wildman–Crippen MR) is 67.6 cm³/mol. The summed E-state index contributed by atoms with van der Waals surface area (Å²) >= 11 is 0. The van der Waals surface area contributed by atoms with Crippen LogP contribution in [0.3, 0.4) is 0 Å². The van der Waals surface area contributed by atoms with Crippen molar-refractivity contribution in [3.05, 3.63) is 29.8 Å². The molecule has 0 aliphatic rings. The first-order valence-electron chi connectivity index (χ1n) is 5.70. The number of rotatable bonds is 4. The first kappa shape index (κ1) is 16.9. The topological polar surface area (TPSA) is 57.6 Å². The molecule has 0 bridgehead atoms. The average molecular weight is 311 g/mol. The number of hydrogen-bond acceptors (Lipinski definition) is 3. The molecular formula is C12H16F3NO3S. The first-order valence-corrected chi connectivity index (χ1v) is 7.14. The van der Waals surface area contributed by atoms with E-state index in [2.05, 4.69) is 0 Å². The summed E-state index contributed by atoms with van der Waals surface area (Å²) in [5, 5.41) is 9.17. The number of nitrogens with zero attached hydrogens (tertiary/aromatic N) is 1. The van der Waals surface area contributed by atoms with Crippen LogP contribution in [-0.2, 0) is 16.2 Å². The van der Waals surface area contributed by atoms with Gasteiger partial charge in [-0.25, -0.2) is 8.42 Å². The van der Waals surface area contributed by atoms with Gasteiger partial charge in [0, 0.05) is 7.05 Å². The van der Waals surface area contributed by atoms with E-state index < -0.39 is 38.8 Å². The Kier molecular flexibility index (Phi) is 4.52. The summed E-state index contributed by atoms with van der Waals surface area (Å²) in [6.45, 7) is 2.48. The number of aliphatic hydroxyl groups is 1. The van der Waals surface area contributed by atoms with Gasteiger partial charge in [0.05, 0.1) is 22.6 Å². The number of hydrogen-bond donors (Lipinski definition) is 1. The number of sulfonamides is 1. The number of halogens is 3. The van der Waals surface area contributed by atoms with E-state index in [-0.39, 0.29) is 0 Å². The molecule has 114 valence electrons. The van der Waals surface area contributed by atoms with Crippen molar-refractivity contribution in [3.8, 4) is 0 Å². The minimum Gasteiger partial charge on any atom is -0.394 e. The third kappa shape index (κ3) is 3.31. The molecule has 0 heterocycles. The summed E-state index contributed by atoms with van der Waals surface area (Å²) in [6, 6.07) is 3.51. The summed E-state index contributed by atoms with van der Waals surface area (Å²) in [6.07, 6.45) is -4.61. The Balaban J connectivity index is 3.31. The fourth-order valence-corrected chi connectivity index (χ4v) is 2.97. The minimum absolute atomic E-state index is 0.457. The first-order chi connectivity index (χ1) is 8.93. The van der Waals surface area contributed by atoms with Crippen LogP contribution in [-0.4, -0.2) is 37.0 Å². The summed E-state index contributed by atoms with van der Waals surface area (Å²) < 4.78 is 63.2. The maximum atomic E-state index is 12.6. The van der Waals surface area contributed by atoms with Crippen molar-refractivity contribution < 1.29 is 26.7 Å². The van der Waals surface area contributed by atoms with E-state index in [4.69, 9.17) is 0 Å². The molecule has 1 aromatic rings. The molecule has 1 aromatic carbocycles. The molecule has 0 fully saturated rings. The quantitative estimate of drug-likeness (QED) is 0.926. The Morgan fingerprint density at radius 2 is 1.80 bits per heavy atom. The Morgan fingerprint density at radius 1 is 1.25 bits per heavy atom. The largest absolute Gasteiger partial charge is 0.416 e. The highest BCUT2D eigenvalue weighted by Crippen LogP contribution is 2.31. The van der Waals surface area contributed by atoms with E-state index in [1.807, 2.05) is 0 Å². The number of aliphatic hydroxyl groups excluding tert-OH is 1. The maximum Gasteiger partial charge on any atom is 0.416 e. The molecule has 0 atom stereocenters. The van der Waals surface area contributed by atoms with Crippen LogP contribution in [0.15, 0.2) is 29.2 Å². The molecule has 0 aliphatic heterocycles. The minimum atomic E-state index is -4.61. The van der Waals surface area contributed by atoms with Crippen LogP contribution in [0, 0.1) is 0 Å². The average Bonchev–Trinajstić information content (AvgIpc) is 2.37. The fraction of sp³-hybridized carbons (Fsp3) is 0.500. The van der Waals surface area contributed by atoms with Gasteiger partial charge in [0.15, 0.2) is 0 Å². The van der Waals surface area contributed by atoms with E-state index in [1.165, 1.54) is 20.9 Å². The van der Waals surface area contributed by atoms with E-state index >= 15 is 0 Å². The van der Waals surface area contributed by atoms with Gasteiger partial charge in [-0.1, -0.05) is 6.07 Å². The zero-order chi connectivity index (χ0) is 15.8. The second kappa shape index (κ2) is 5.34. The molecule has 0 saturated carbocycles. The molecule has 20 heavy (non-hydrogen) atoms. The van der Waals surface area contributed by atoms with Crippen molar-refractivity contribution in [2.75, 3.05) is 13.7 Å². The maximum absolute atomic E-state index is 12.6. The lowest BCUT2D eigenvalue weighted by atomic mass is 10.1. The number of likely N-dealkylation sites (N-methyl/N-ethyl adjacent to an activating group) is 1.